The standard InChI is InChI=1S/C17H19FN2O2/c18-14-5-3-13(4-6-14)15-8-19-9-16(15)17(22)20-7-1-2-12(10-20)11-21/h3-6,8-9,12,19,21H,1-2,7,10-11H2. The van der Waals surface area contributed by atoms with Crippen molar-refractivity contribution in [2.24, 2.45) is 5.92 Å². The van der Waals surface area contributed by atoms with E-state index in [-0.39, 0.29) is 24.2 Å². The topological polar surface area (TPSA) is 56.3 Å². The van der Waals surface area contributed by atoms with Gasteiger partial charge in [0.15, 0.2) is 0 Å². The van der Waals surface area contributed by atoms with Gasteiger partial charge in [0, 0.05) is 37.7 Å². The predicted octanol–water partition coefficient (Wildman–Crippen LogP) is 2.67. The van der Waals surface area contributed by atoms with E-state index in [1.807, 2.05) is 0 Å². The second-order valence-corrected chi connectivity index (χ2v) is 5.73. The van der Waals surface area contributed by atoms with Crippen molar-refractivity contribution in [3.8, 4) is 11.1 Å². The fourth-order valence-electron chi connectivity index (χ4n) is 2.98. The van der Waals surface area contributed by atoms with Gasteiger partial charge in [0.25, 0.3) is 5.91 Å². The molecule has 116 valence electrons. The SMILES string of the molecule is O=C(c1c[nH]cc1-c1ccc(F)cc1)N1CCCC(CO)C1. The van der Waals surface area contributed by atoms with Crippen LogP contribution in [0.15, 0.2) is 36.7 Å². The summed E-state index contributed by atoms with van der Waals surface area (Å²) in [5.41, 5.74) is 2.17. The van der Waals surface area contributed by atoms with E-state index in [2.05, 4.69) is 4.98 Å². The van der Waals surface area contributed by atoms with Crippen molar-refractivity contribution in [2.75, 3.05) is 19.7 Å². The highest BCUT2D eigenvalue weighted by Gasteiger charge is 2.26. The Bertz CT molecular complexity index is 651. The summed E-state index contributed by atoms with van der Waals surface area (Å²) in [7, 11) is 0. The third-order valence-electron chi connectivity index (χ3n) is 4.20. The molecule has 1 aliphatic heterocycles. The van der Waals surface area contributed by atoms with Gasteiger partial charge in [-0.05, 0) is 36.5 Å². The summed E-state index contributed by atoms with van der Waals surface area (Å²) in [6.45, 7) is 1.41. The van der Waals surface area contributed by atoms with E-state index in [1.165, 1.54) is 12.1 Å². The number of carbonyl (C=O) groups is 1. The number of nitrogens with zero attached hydrogens (tertiary/aromatic N) is 1. The Morgan fingerprint density at radius 3 is 2.82 bits per heavy atom. The molecule has 1 aliphatic rings. The van der Waals surface area contributed by atoms with Gasteiger partial charge in [0.1, 0.15) is 5.82 Å². The minimum Gasteiger partial charge on any atom is -0.396 e. The first-order valence-corrected chi connectivity index (χ1v) is 7.52. The first-order chi connectivity index (χ1) is 10.7. The Balaban J connectivity index is 1.85. The number of halogens is 1. The molecule has 0 radical (unpaired) electrons. The summed E-state index contributed by atoms with van der Waals surface area (Å²) >= 11 is 0. The van der Waals surface area contributed by atoms with Gasteiger partial charge in [-0.1, -0.05) is 12.1 Å². The van der Waals surface area contributed by atoms with Crippen molar-refractivity contribution in [2.45, 2.75) is 12.8 Å². The van der Waals surface area contributed by atoms with E-state index >= 15 is 0 Å². The molecule has 1 aromatic carbocycles. The molecule has 1 aromatic heterocycles. The third kappa shape index (κ3) is 2.90. The molecule has 1 amide bonds. The zero-order valence-corrected chi connectivity index (χ0v) is 12.3. The number of aliphatic hydroxyl groups excluding tert-OH is 1. The number of hydrogen-bond acceptors (Lipinski definition) is 2. The molecule has 2 N–H and O–H groups in total. The smallest absolute Gasteiger partial charge is 0.256 e. The Kier molecular flexibility index (Phi) is 4.24. The van der Waals surface area contributed by atoms with Crippen LogP contribution in [0.4, 0.5) is 4.39 Å². The first-order valence-electron chi connectivity index (χ1n) is 7.52. The van der Waals surface area contributed by atoms with Crippen LogP contribution in [0.25, 0.3) is 11.1 Å². The lowest BCUT2D eigenvalue weighted by Gasteiger charge is -2.32. The summed E-state index contributed by atoms with van der Waals surface area (Å²) in [5.74, 6) is -0.182. The molecule has 0 bridgehead atoms. The maximum atomic E-state index is 13.1. The van der Waals surface area contributed by atoms with Crippen LogP contribution in [0.1, 0.15) is 23.2 Å². The highest BCUT2D eigenvalue weighted by molar-refractivity contribution is 6.00. The van der Waals surface area contributed by atoms with Crippen molar-refractivity contribution in [3.63, 3.8) is 0 Å². The number of rotatable bonds is 3. The van der Waals surface area contributed by atoms with E-state index in [1.54, 1.807) is 29.4 Å². The van der Waals surface area contributed by atoms with Gasteiger partial charge >= 0.3 is 0 Å². The molecule has 0 spiro atoms. The van der Waals surface area contributed by atoms with Gasteiger partial charge in [0.2, 0.25) is 0 Å². The van der Waals surface area contributed by atoms with Crippen LogP contribution in [-0.4, -0.2) is 40.6 Å². The highest BCUT2D eigenvalue weighted by atomic mass is 19.1. The molecule has 1 atom stereocenters. The van der Waals surface area contributed by atoms with E-state index in [0.29, 0.717) is 18.7 Å². The minimum absolute atomic E-state index is 0.0428. The van der Waals surface area contributed by atoms with E-state index < -0.39 is 0 Å². The fourth-order valence-corrected chi connectivity index (χ4v) is 2.98. The summed E-state index contributed by atoms with van der Waals surface area (Å²) < 4.78 is 13.1. The predicted molar refractivity (Wildman–Crippen MR) is 81.9 cm³/mol. The maximum absolute atomic E-state index is 13.1. The average molecular weight is 302 g/mol. The lowest BCUT2D eigenvalue weighted by atomic mass is 9.97. The van der Waals surface area contributed by atoms with Crippen molar-refractivity contribution in [1.82, 2.24) is 9.88 Å². The largest absolute Gasteiger partial charge is 0.396 e. The number of carbonyl (C=O) groups excluding carboxylic acids is 1. The number of aliphatic hydroxyl groups is 1. The average Bonchev–Trinajstić information content (AvgIpc) is 3.04. The van der Waals surface area contributed by atoms with Gasteiger partial charge in [-0.2, -0.15) is 0 Å². The molecule has 4 nitrogen and oxygen atoms in total. The van der Waals surface area contributed by atoms with Crippen LogP contribution in [0.5, 0.6) is 0 Å². The summed E-state index contributed by atoms with van der Waals surface area (Å²) in [6.07, 6.45) is 5.31. The van der Waals surface area contributed by atoms with Crippen molar-refractivity contribution in [3.05, 3.63) is 48.0 Å². The maximum Gasteiger partial charge on any atom is 0.256 e. The highest BCUT2D eigenvalue weighted by Crippen LogP contribution is 2.26. The quantitative estimate of drug-likeness (QED) is 0.916. The fraction of sp³-hybridized carbons (Fsp3) is 0.353. The Labute approximate surface area is 128 Å². The Hall–Kier alpha value is -2.14. The molecule has 3 rings (SSSR count). The van der Waals surface area contributed by atoms with Crippen LogP contribution in [-0.2, 0) is 0 Å². The monoisotopic (exact) mass is 302 g/mol. The molecule has 2 heterocycles. The van der Waals surface area contributed by atoms with Crippen LogP contribution in [0, 0.1) is 11.7 Å². The second-order valence-electron chi connectivity index (χ2n) is 5.73. The summed E-state index contributed by atoms with van der Waals surface area (Å²) in [6, 6.07) is 6.11. The number of aromatic nitrogens is 1. The molecule has 1 fully saturated rings. The number of likely N-dealkylation sites (tertiary alicyclic amines) is 1. The number of piperidine rings is 1. The second kappa shape index (κ2) is 6.32. The normalized spacial score (nSPS) is 18.5. The third-order valence-corrected chi connectivity index (χ3v) is 4.20. The zero-order valence-electron chi connectivity index (χ0n) is 12.3. The van der Waals surface area contributed by atoms with Gasteiger partial charge in [-0.25, -0.2) is 4.39 Å². The van der Waals surface area contributed by atoms with Crippen LogP contribution in [0.2, 0.25) is 0 Å². The molecule has 1 unspecified atom stereocenters. The van der Waals surface area contributed by atoms with E-state index in [0.717, 1.165) is 24.0 Å². The van der Waals surface area contributed by atoms with E-state index in [4.69, 9.17) is 0 Å². The Morgan fingerprint density at radius 1 is 1.32 bits per heavy atom. The van der Waals surface area contributed by atoms with Crippen LogP contribution in [0.3, 0.4) is 0 Å². The van der Waals surface area contributed by atoms with Gasteiger partial charge in [-0.3, -0.25) is 4.79 Å². The molecule has 5 heteroatoms. The van der Waals surface area contributed by atoms with Crippen molar-refractivity contribution < 1.29 is 14.3 Å². The molecular weight excluding hydrogens is 283 g/mol. The van der Waals surface area contributed by atoms with Gasteiger partial charge in [0.05, 0.1) is 5.56 Å². The minimum atomic E-state index is -0.297. The number of benzene rings is 1. The van der Waals surface area contributed by atoms with Gasteiger partial charge in [-0.15, -0.1) is 0 Å². The van der Waals surface area contributed by atoms with Crippen molar-refractivity contribution in [1.29, 1.82) is 0 Å². The van der Waals surface area contributed by atoms with Gasteiger partial charge < -0.3 is 15.0 Å². The molecule has 1 saturated heterocycles. The number of amides is 1. The molecule has 22 heavy (non-hydrogen) atoms. The summed E-state index contributed by atoms with van der Waals surface area (Å²) in [5, 5.41) is 9.30. The summed E-state index contributed by atoms with van der Waals surface area (Å²) in [4.78, 5) is 17.5. The molecular formula is C17H19FN2O2. The lowest BCUT2D eigenvalue weighted by molar-refractivity contribution is 0.0621. The zero-order chi connectivity index (χ0) is 15.5. The number of aromatic amines is 1. The lowest BCUT2D eigenvalue weighted by Crippen LogP contribution is -2.41. The van der Waals surface area contributed by atoms with E-state index in [9.17, 15) is 14.3 Å². The first kappa shape index (κ1) is 14.8. The molecule has 0 saturated carbocycles. The van der Waals surface area contributed by atoms with Crippen molar-refractivity contribution >= 4 is 5.91 Å². The number of H-pyrrole nitrogens is 1. The number of nitrogens with one attached hydrogen (secondary N) is 1. The molecule has 0 aliphatic carbocycles. The van der Waals surface area contributed by atoms with Crippen LogP contribution >= 0.6 is 0 Å². The Morgan fingerprint density at radius 2 is 2.09 bits per heavy atom. The molecule has 2 aromatic rings. The van der Waals surface area contributed by atoms with Crippen LogP contribution < -0.4 is 0 Å². The number of hydrogen-bond donors (Lipinski definition) is 2.